The third-order valence-corrected chi connectivity index (χ3v) is 11.8. The number of benzene rings is 2. The number of fused-ring (bicyclic) bond motifs is 2. The molecule has 2 heterocycles. The first kappa shape index (κ1) is 37.1. The fourth-order valence-electron chi connectivity index (χ4n) is 6.80. The van der Waals surface area contributed by atoms with Gasteiger partial charge in [-0.15, -0.1) is 4.36 Å². The van der Waals surface area contributed by atoms with Crippen LogP contribution in [0.2, 0.25) is 5.02 Å². The molecule has 2 aromatic rings. The molecule has 12 heteroatoms. The molecule has 1 unspecified atom stereocenters. The summed E-state index contributed by atoms with van der Waals surface area (Å²) >= 11 is 6.45. The number of anilines is 1. The zero-order valence-corrected chi connectivity index (χ0v) is 30.7. The van der Waals surface area contributed by atoms with E-state index in [9.17, 15) is 13.8 Å². The van der Waals surface area contributed by atoms with Crippen LogP contribution in [0.4, 0.5) is 10.5 Å². The number of aryl methyl sites for hydroxylation is 1. The number of methoxy groups -OCH3 is 2. The van der Waals surface area contributed by atoms with E-state index in [0.29, 0.717) is 43.3 Å². The molecule has 3 aliphatic rings. The smallest absolute Gasteiger partial charge is 0.327 e. The van der Waals surface area contributed by atoms with Gasteiger partial charge in [-0.1, -0.05) is 50.1 Å². The molecule has 0 radical (unpaired) electrons. The Bertz CT molecular complexity index is 1630. The normalized spacial score (nSPS) is 28.6. The lowest BCUT2D eigenvalue weighted by molar-refractivity contribution is 0.0816. The minimum Gasteiger partial charge on any atom is -0.491 e. The molecule has 268 valence electrons. The van der Waals surface area contributed by atoms with Crippen molar-refractivity contribution in [3.63, 3.8) is 0 Å². The first-order chi connectivity index (χ1) is 23.6. The maximum absolute atomic E-state index is 14.4. The zero-order valence-electron chi connectivity index (χ0n) is 29.1. The Morgan fingerprint density at radius 2 is 1.98 bits per heavy atom. The molecule has 2 aromatic carbocycles. The summed E-state index contributed by atoms with van der Waals surface area (Å²) in [7, 11) is -0.170. The number of ether oxygens (including phenoxy) is 3. The van der Waals surface area contributed by atoms with Crippen LogP contribution in [0.1, 0.15) is 80.3 Å². The Hall–Kier alpha value is -3.12. The minimum atomic E-state index is -3.50. The molecule has 5 rings (SSSR count). The molecule has 1 saturated carbocycles. The Morgan fingerprint density at radius 3 is 2.73 bits per heavy atom. The van der Waals surface area contributed by atoms with E-state index in [1.54, 1.807) is 26.4 Å². The number of allylic oxidation sites excluding steroid dienone is 1. The van der Waals surface area contributed by atoms with Crippen LogP contribution in [0, 0.1) is 11.8 Å². The van der Waals surface area contributed by atoms with E-state index in [-0.39, 0.29) is 41.4 Å². The summed E-state index contributed by atoms with van der Waals surface area (Å²) in [5.74, 6) is 0.121. The quantitative estimate of drug-likeness (QED) is 0.307. The lowest BCUT2D eigenvalue weighted by Crippen LogP contribution is -2.43. The molecule has 6 atom stereocenters. The van der Waals surface area contributed by atoms with E-state index < -0.39 is 21.9 Å². The van der Waals surface area contributed by atoms with Crippen molar-refractivity contribution >= 4 is 39.1 Å². The molecular weight excluding hydrogens is 664 g/mol. The molecule has 2 bridgehead atoms. The number of carbonyl (C=O) groups excluding carboxylic acids is 2. The Labute approximate surface area is 296 Å². The molecule has 1 aliphatic carbocycles. The molecule has 3 amide bonds. The molecule has 1 fully saturated rings. The van der Waals surface area contributed by atoms with Crippen LogP contribution in [0.3, 0.4) is 0 Å². The number of hydrogen-bond donors (Lipinski definition) is 2. The highest BCUT2D eigenvalue weighted by atomic mass is 35.5. The van der Waals surface area contributed by atoms with Crippen molar-refractivity contribution in [1.29, 1.82) is 0 Å². The monoisotopic (exact) mass is 714 g/mol. The van der Waals surface area contributed by atoms with E-state index >= 15 is 0 Å². The highest BCUT2D eigenvalue weighted by Crippen LogP contribution is 2.35. The number of amides is 3. The zero-order chi connectivity index (χ0) is 35.0. The number of rotatable bonds is 6. The van der Waals surface area contributed by atoms with E-state index in [4.69, 9.17) is 25.8 Å². The first-order valence-electron chi connectivity index (χ1n) is 17.5. The van der Waals surface area contributed by atoms with Crippen molar-refractivity contribution in [3.05, 3.63) is 70.3 Å². The van der Waals surface area contributed by atoms with E-state index in [1.165, 1.54) is 11.1 Å². The second kappa shape index (κ2) is 17.2. The summed E-state index contributed by atoms with van der Waals surface area (Å²) < 4.78 is 38.8. The lowest BCUT2D eigenvalue weighted by atomic mass is 9.92. The Balaban J connectivity index is 1.58. The average Bonchev–Trinajstić information content (AvgIpc) is 3.82. The largest absolute Gasteiger partial charge is 0.491 e. The van der Waals surface area contributed by atoms with Crippen molar-refractivity contribution < 1.29 is 28.0 Å². The first-order valence-corrected chi connectivity index (χ1v) is 19.6. The van der Waals surface area contributed by atoms with Gasteiger partial charge in [0.2, 0.25) is 0 Å². The van der Waals surface area contributed by atoms with E-state index in [1.807, 2.05) is 19.1 Å². The number of nitrogens with one attached hydrogen (secondary N) is 2. The van der Waals surface area contributed by atoms with Gasteiger partial charge in [-0.2, -0.15) is 0 Å². The molecule has 0 spiro atoms. The summed E-state index contributed by atoms with van der Waals surface area (Å²) in [6.07, 6.45) is 10.8. The van der Waals surface area contributed by atoms with Crippen LogP contribution < -0.4 is 19.7 Å². The standard InChI is InChI=1S/C37H51ClN4O6S/c1-5-9-26-17-18-42-23-29-13-15-30(38)20-27(29)11-6-7-19-48-34-16-14-28(21-32(34)42)36(43)40-49(45,24-25(2)10-8-12-33(26)46-3)41-37(44)39-31-22-35(31)47-4/h8,12-16,20-21,25-26,31,33,35H,5-7,9-11,17-19,22-24H2,1-4H3,(H2,39,40,41,43,44,45)/b12-8+/t25-,26+,31-,33-,35-,49?/m0/s1. The SMILES string of the molecule is CCC[C@@H]1CCN2Cc3ccc(Cl)cc3CCCCOc3ccc(cc32)C(=O)N=S(=O)(NC(=O)N[C@H]2C[C@@H]2OC)C[C@@H](C)C/C=C/[C@@H]1OC. The summed E-state index contributed by atoms with van der Waals surface area (Å²) in [5.41, 5.74) is 3.41. The van der Waals surface area contributed by atoms with Gasteiger partial charge in [0.1, 0.15) is 15.7 Å². The maximum Gasteiger partial charge on any atom is 0.327 e. The minimum absolute atomic E-state index is 0.00440. The van der Waals surface area contributed by atoms with Crippen molar-refractivity contribution in [2.24, 2.45) is 16.2 Å². The van der Waals surface area contributed by atoms with Gasteiger partial charge in [0.25, 0.3) is 5.91 Å². The van der Waals surface area contributed by atoms with Crippen LogP contribution in [-0.2, 0) is 32.4 Å². The fraction of sp³-hybridized carbons (Fsp3) is 0.568. The highest BCUT2D eigenvalue weighted by Gasteiger charge is 2.39. The topological polar surface area (TPSA) is 119 Å². The third kappa shape index (κ3) is 10.2. The fourth-order valence-corrected chi connectivity index (χ4v) is 8.83. The van der Waals surface area contributed by atoms with Gasteiger partial charge in [-0.3, -0.25) is 9.52 Å². The van der Waals surface area contributed by atoms with Gasteiger partial charge in [0.05, 0.1) is 36.3 Å². The number of carbonyl (C=O) groups is 2. The Kier molecular flexibility index (Phi) is 13.0. The highest BCUT2D eigenvalue weighted by molar-refractivity contribution is 7.92. The van der Waals surface area contributed by atoms with Gasteiger partial charge in [-0.05, 0) is 98.2 Å². The van der Waals surface area contributed by atoms with Gasteiger partial charge in [0.15, 0.2) is 0 Å². The van der Waals surface area contributed by atoms with Crippen LogP contribution >= 0.6 is 11.6 Å². The van der Waals surface area contributed by atoms with Crippen LogP contribution in [0.5, 0.6) is 5.75 Å². The van der Waals surface area contributed by atoms with Gasteiger partial charge in [-0.25, -0.2) is 9.00 Å². The molecule has 0 saturated heterocycles. The summed E-state index contributed by atoms with van der Waals surface area (Å²) in [6.45, 7) is 5.93. The van der Waals surface area contributed by atoms with Gasteiger partial charge in [0, 0.05) is 37.9 Å². The van der Waals surface area contributed by atoms with E-state index in [0.717, 1.165) is 44.2 Å². The van der Waals surface area contributed by atoms with Crippen molar-refractivity contribution in [1.82, 2.24) is 10.0 Å². The Morgan fingerprint density at radius 1 is 1.14 bits per heavy atom. The molecular formula is C37H51ClN4O6S. The van der Waals surface area contributed by atoms with Crippen LogP contribution in [-0.4, -0.2) is 67.5 Å². The van der Waals surface area contributed by atoms with Gasteiger partial charge >= 0.3 is 6.03 Å². The van der Waals surface area contributed by atoms with Crippen molar-refractivity contribution in [2.45, 2.75) is 90.0 Å². The van der Waals surface area contributed by atoms with E-state index in [2.05, 4.69) is 50.5 Å². The lowest BCUT2D eigenvalue weighted by Gasteiger charge is -2.31. The van der Waals surface area contributed by atoms with Gasteiger partial charge < -0.3 is 24.4 Å². The number of urea groups is 1. The molecule has 0 aromatic heterocycles. The molecule has 2 N–H and O–H groups in total. The predicted molar refractivity (Wildman–Crippen MR) is 195 cm³/mol. The molecule has 2 aliphatic heterocycles. The second-order valence-corrected chi connectivity index (χ2v) is 16.0. The molecule has 49 heavy (non-hydrogen) atoms. The second-order valence-electron chi connectivity index (χ2n) is 13.5. The van der Waals surface area contributed by atoms with Crippen LogP contribution in [0.25, 0.3) is 0 Å². The number of hydrogen-bond acceptors (Lipinski definition) is 7. The number of nitrogens with zero attached hydrogens (tertiary/aromatic N) is 2. The molecule has 10 nitrogen and oxygen atoms in total. The number of halogens is 1. The predicted octanol–water partition coefficient (Wildman–Crippen LogP) is 7.09. The van der Waals surface area contributed by atoms with Crippen LogP contribution in [0.15, 0.2) is 52.9 Å². The summed E-state index contributed by atoms with van der Waals surface area (Å²) in [5, 5.41) is 3.50. The third-order valence-electron chi connectivity index (χ3n) is 9.55. The van der Waals surface area contributed by atoms with Crippen molar-refractivity contribution in [3.8, 4) is 5.75 Å². The van der Waals surface area contributed by atoms with Crippen molar-refractivity contribution in [2.75, 3.05) is 38.0 Å². The summed E-state index contributed by atoms with van der Waals surface area (Å²) in [6, 6.07) is 10.5. The average molecular weight is 715 g/mol. The maximum atomic E-state index is 14.4. The summed E-state index contributed by atoms with van der Waals surface area (Å²) in [4.78, 5) is 29.1.